The van der Waals surface area contributed by atoms with Crippen molar-refractivity contribution < 1.29 is 4.39 Å². The molecule has 190 valence electrons. The Bertz CT molecular complexity index is 1410. The molecule has 2 heterocycles. The van der Waals surface area contributed by atoms with E-state index < -0.39 is 0 Å². The van der Waals surface area contributed by atoms with Crippen molar-refractivity contribution in [1.82, 2.24) is 30.1 Å². The maximum Gasteiger partial charge on any atom is 0.252 e. The summed E-state index contributed by atoms with van der Waals surface area (Å²) in [4.78, 5) is 18.5. The summed E-state index contributed by atoms with van der Waals surface area (Å²) < 4.78 is 15.5. The van der Waals surface area contributed by atoms with Gasteiger partial charge >= 0.3 is 0 Å². The minimum atomic E-state index is -0.275. The first-order valence-corrected chi connectivity index (χ1v) is 12.5. The fraction of sp³-hybridized carbons (Fsp3) is 0.429. The zero-order valence-corrected chi connectivity index (χ0v) is 22.0. The van der Waals surface area contributed by atoms with Crippen LogP contribution in [-0.2, 0) is 18.6 Å². The normalized spacial score (nSPS) is 13.0. The highest BCUT2D eigenvalue weighted by Gasteiger charge is 2.31. The number of tetrazole rings is 1. The van der Waals surface area contributed by atoms with Crippen molar-refractivity contribution in [2.24, 2.45) is 0 Å². The van der Waals surface area contributed by atoms with E-state index in [0.717, 1.165) is 46.3 Å². The molecule has 0 bridgehead atoms. The molecule has 0 fully saturated rings. The molecule has 4 aromatic rings. The quantitative estimate of drug-likeness (QED) is 0.332. The Morgan fingerprint density at radius 1 is 1.08 bits per heavy atom. The molecular formula is C28H35FN6O. The van der Waals surface area contributed by atoms with Crippen LogP contribution in [0.5, 0.6) is 0 Å². The molecule has 4 rings (SSSR count). The minimum absolute atomic E-state index is 0.109. The number of aromatic amines is 1. The van der Waals surface area contributed by atoms with E-state index in [1.54, 1.807) is 12.1 Å². The summed E-state index contributed by atoms with van der Waals surface area (Å²) >= 11 is 0. The van der Waals surface area contributed by atoms with E-state index in [1.807, 2.05) is 17.7 Å². The number of nitrogens with one attached hydrogen (secondary N) is 1. The standard InChI is InChI=1S/C28H35FN6O/c1-7-24(26-31-32-33-35(26)28(5,6)8-2)34(16-20-9-11-23(29)12-10-20)17-22-15-21-14-18(3)13-19(4)25(21)30-27(22)36/h9-15,24H,7-8,16-17H2,1-6H3,(H,30,36). The van der Waals surface area contributed by atoms with Crippen LogP contribution in [-0.4, -0.2) is 30.1 Å². The van der Waals surface area contributed by atoms with Crippen LogP contribution >= 0.6 is 0 Å². The van der Waals surface area contributed by atoms with Crippen molar-refractivity contribution in [3.8, 4) is 0 Å². The maximum absolute atomic E-state index is 13.6. The van der Waals surface area contributed by atoms with Gasteiger partial charge in [-0.2, -0.15) is 0 Å². The molecule has 0 aliphatic heterocycles. The Morgan fingerprint density at radius 2 is 1.81 bits per heavy atom. The average Bonchev–Trinajstić information content (AvgIpc) is 3.32. The summed E-state index contributed by atoms with van der Waals surface area (Å²) in [5.74, 6) is 0.484. The van der Waals surface area contributed by atoms with E-state index in [1.165, 1.54) is 12.1 Å². The van der Waals surface area contributed by atoms with Crippen molar-refractivity contribution in [1.29, 1.82) is 0 Å². The molecule has 8 heteroatoms. The van der Waals surface area contributed by atoms with Crippen LogP contribution in [0, 0.1) is 19.7 Å². The van der Waals surface area contributed by atoms with Crippen LogP contribution in [0.4, 0.5) is 4.39 Å². The number of halogens is 1. The number of aromatic nitrogens is 5. The molecule has 0 aliphatic rings. The topological polar surface area (TPSA) is 79.7 Å². The number of benzene rings is 2. The van der Waals surface area contributed by atoms with Crippen molar-refractivity contribution in [2.45, 2.75) is 79.1 Å². The van der Waals surface area contributed by atoms with Crippen molar-refractivity contribution in [3.63, 3.8) is 0 Å². The number of nitrogens with zero attached hydrogens (tertiary/aromatic N) is 5. The lowest BCUT2D eigenvalue weighted by Gasteiger charge is -2.33. The molecule has 0 saturated heterocycles. The van der Waals surface area contributed by atoms with Gasteiger partial charge in [-0.3, -0.25) is 9.69 Å². The Kier molecular flexibility index (Phi) is 7.36. The van der Waals surface area contributed by atoms with E-state index >= 15 is 0 Å². The van der Waals surface area contributed by atoms with Gasteiger partial charge in [0.25, 0.3) is 5.56 Å². The highest BCUT2D eigenvalue weighted by atomic mass is 19.1. The van der Waals surface area contributed by atoms with Crippen LogP contribution < -0.4 is 5.56 Å². The largest absolute Gasteiger partial charge is 0.321 e. The summed E-state index contributed by atoms with van der Waals surface area (Å²) in [6.07, 6.45) is 1.60. The third-order valence-corrected chi connectivity index (χ3v) is 7.10. The van der Waals surface area contributed by atoms with Gasteiger partial charge in [0.2, 0.25) is 0 Å². The third-order valence-electron chi connectivity index (χ3n) is 7.10. The SMILES string of the molecule is CCC(c1nnnn1C(C)(C)CC)N(Cc1ccc(F)cc1)Cc1cc2cc(C)cc(C)c2[nH]c1=O. The van der Waals surface area contributed by atoms with E-state index in [0.29, 0.717) is 18.7 Å². The number of hydrogen-bond donors (Lipinski definition) is 1. The second-order valence-electron chi connectivity index (χ2n) is 10.2. The van der Waals surface area contributed by atoms with Gasteiger partial charge in [0.05, 0.1) is 17.1 Å². The van der Waals surface area contributed by atoms with Crippen LogP contribution in [0.25, 0.3) is 10.9 Å². The number of pyridine rings is 1. The van der Waals surface area contributed by atoms with Gasteiger partial charge in [-0.15, -0.1) is 5.10 Å². The maximum atomic E-state index is 13.6. The highest BCUT2D eigenvalue weighted by Crippen LogP contribution is 2.30. The Morgan fingerprint density at radius 3 is 2.47 bits per heavy atom. The van der Waals surface area contributed by atoms with Crippen LogP contribution in [0.2, 0.25) is 0 Å². The van der Waals surface area contributed by atoms with Gasteiger partial charge in [0.15, 0.2) is 5.82 Å². The number of hydrogen-bond acceptors (Lipinski definition) is 5. The van der Waals surface area contributed by atoms with Crippen molar-refractivity contribution >= 4 is 10.9 Å². The summed E-state index contributed by atoms with van der Waals surface area (Å²) in [6, 6.07) is 12.5. The second kappa shape index (κ2) is 10.3. The first kappa shape index (κ1) is 25.7. The smallest absolute Gasteiger partial charge is 0.252 e. The molecular weight excluding hydrogens is 455 g/mol. The van der Waals surface area contributed by atoms with E-state index in [-0.39, 0.29) is 23.0 Å². The summed E-state index contributed by atoms with van der Waals surface area (Å²) in [6.45, 7) is 13.4. The lowest BCUT2D eigenvalue weighted by atomic mass is 10.0. The van der Waals surface area contributed by atoms with E-state index in [4.69, 9.17) is 0 Å². The van der Waals surface area contributed by atoms with Gasteiger partial charge in [-0.05, 0) is 91.7 Å². The van der Waals surface area contributed by atoms with Crippen LogP contribution in [0.1, 0.15) is 74.7 Å². The van der Waals surface area contributed by atoms with Crippen molar-refractivity contribution in [3.05, 3.63) is 86.7 Å². The number of rotatable bonds is 9. The highest BCUT2D eigenvalue weighted by molar-refractivity contribution is 5.82. The molecule has 36 heavy (non-hydrogen) atoms. The zero-order chi connectivity index (χ0) is 26.0. The number of H-pyrrole nitrogens is 1. The Balaban J connectivity index is 1.79. The van der Waals surface area contributed by atoms with E-state index in [2.05, 4.69) is 72.2 Å². The molecule has 0 amide bonds. The van der Waals surface area contributed by atoms with Crippen LogP contribution in [0.3, 0.4) is 0 Å². The molecule has 7 nitrogen and oxygen atoms in total. The Hall–Kier alpha value is -3.39. The van der Waals surface area contributed by atoms with Gasteiger partial charge in [0.1, 0.15) is 5.82 Å². The predicted molar refractivity (Wildman–Crippen MR) is 140 cm³/mol. The van der Waals surface area contributed by atoms with Crippen molar-refractivity contribution in [2.75, 3.05) is 0 Å². The van der Waals surface area contributed by atoms with Gasteiger partial charge in [0, 0.05) is 18.7 Å². The molecule has 2 aromatic heterocycles. The number of aryl methyl sites for hydroxylation is 2. The molecule has 2 aromatic carbocycles. The molecule has 0 radical (unpaired) electrons. The first-order chi connectivity index (χ1) is 17.1. The fourth-order valence-corrected chi connectivity index (χ4v) is 4.76. The summed E-state index contributed by atoms with van der Waals surface area (Å²) in [5, 5.41) is 13.8. The molecule has 1 unspecified atom stereocenters. The lowest BCUT2D eigenvalue weighted by Crippen LogP contribution is -2.36. The van der Waals surface area contributed by atoms with Crippen LogP contribution in [0.15, 0.2) is 47.3 Å². The molecule has 0 spiro atoms. The third kappa shape index (κ3) is 5.23. The van der Waals surface area contributed by atoms with Gasteiger partial charge in [-0.1, -0.05) is 37.6 Å². The summed E-state index contributed by atoms with van der Waals surface area (Å²) in [7, 11) is 0. The van der Waals surface area contributed by atoms with E-state index in [9.17, 15) is 9.18 Å². The zero-order valence-electron chi connectivity index (χ0n) is 22.0. The monoisotopic (exact) mass is 490 g/mol. The number of fused-ring (bicyclic) bond motifs is 1. The second-order valence-corrected chi connectivity index (χ2v) is 10.2. The molecule has 0 saturated carbocycles. The molecule has 0 aliphatic carbocycles. The predicted octanol–water partition coefficient (Wildman–Crippen LogP) is 5.57. The summed E-state index contributed by atoms with van der Waals surface area (Å²) in [5.41, 5.74) is 4.30. The average molecular weight is 491 g/mol. The fourth-order valence-electron chi connectivity index (χ4n) is 4.76. The lowest BCUT2D eigenvalue weighted by molar-refractivity contribution is 0.150. The molecule has 1 N–H and O–H groups in total. The first-order valence-electron chi connectivity index (χ1n) is 12.5. The van der Waals surface area contributed by atoms with Gasteiger partial charge in [-0.25, -0.2) is 9.07 Å². The van der Waals surface area contributed by atoms with Gasteiger partial charge < -0.3 is 4.98 Å². The minimum Gasteiger partial charge on any atom is -0.321 e. The molecule has 1 atom stereocenters. The Labute approximate surface area is 211 Å².